The molecule has 0 radical (unpaired) electrons. The molecule has 1 aromatic carbocycles. The quantitative estimate of drug-likeness (QED) is 0.928. The summed E-state index contributed by atoms with van der Waals surface area (Å²) < 4.78 is 0. The summed E-state index contributed by atoms with van der Waals surface area (Å²) in [7, 11) is 1.76. The van der Waals surface area contributed by atoms with E-state index in [4.69, 9.17) is 0 Å². The van der Waals surface area contributed by atoms with Crippen LogP contribution in [0.25, 0.3) is 0 Å². The molecule has 0 aliphatic heterocycles. The first kappa shape index (κ1) is 14.1. The van der Waals surface area contributed by atoms with Crippen LogP contribution < -0.4 is 5.32 Å². The summed E-state index contributed by atoms with van der Waals surface area (Å²) in [6, 6.07) is 11.4. The molecule has 0 spiro atoms. The van der Waals surface area contributed by atoms with Gasteiger partial charge >= 0.3 is 6.03 Å². The van der Waals surface area contributed by atoms with Crippen molar-refractivity contribution in [1.82, 2.24) is 9.88 Å². The van der Waals surface area contributed by atoms with E-state index < -0.39 is 0 Å². The van der Waals surface area contributed by atoms with Crippen molar-refractivity contribution in [3.63, 3.8) is 0 Å². The van der Waals surface area contributed by atoms with Gasteiger partial charge in [0.25, 0.3) is 0 Å². The third kappa shape index (κ3) is 3.35. The fraction of sp³-hybridized carbons (Fsp3) is 0.250. The first-order chi connectivity index (χ1) is 9.58. The number of pyridine rings is 1. The Hall–Kier alpha value is -2.36. The molecule has 1 heterocycles. The fourth-order valence-electron chi connectivity index (χ4n) is 1.90. The Kier molecular flexibility index (Phi) is 4.35. The molecule has 0 aliphatic carbocycles. The Morgan fingerprint density at radius 1 is 1.20 bits per heavy atom. The van der Waals surface area contributed by atoms with Gasteiger partial charge in [-0.25, -0.2) is 4.79 Å². The lowest BCUT2D eigenvalue weighted by atomic mass is 10.1. The first-order valence-corrected chi connectivity index (χ1v) is 6.56. The van der Waals surface area contributed by atoms with Crippen LogP contribution in [0.4, 0.5) is 10.5 Å². The van der Waals surface area contributed by atoms with Gasteiger partial charge in [0.15, 0.2) is 0 Å². The summed E-state index contributed by atoms with van der Waals surface area (Å²) in [5.41, 5.74) is 3.97. The van der Waals surface area contributed by atoms with Gasteiger partial charge in [0, 0.05) is 18.9 Å². The number of aromatic nitrogens is 1. The third-order valence-electron chi connectivity index (χ3n) is 3.32. The van der Waals surface area contributed by atoms with Crippen LogP contribution in [0.1, 0.15) is 16.8 Å². The lowest BCUT2D eigenvalue weighted by Gasteiger charge is -2.19. The van der Waals surface area contributed by atoms with E-state index in [1.54, 1.807) is 18.1 Å². The van der Waals surface area contributed by atoms with Crippen molar-refractivity contribution in [1.29, 1.82) is 0 Å². The van der Waals surface area contributed by atoms with Gasteiger partial charge in [-0.3, -0.25) is 4.98 Å². The van der Waals surface area contributed by atoms with Crippen molar-refractivity contribution < 1.29 is 4.79 Å². The standard InChI is InChI=1S/C16H19N3O/c1-12-7-6-9-15(13(12)2)18-16(20)19(3)11-14-8-4-5-10-17-14/h4-10H,11H2,1-3H3,(H,18,20). The molecule has 104 valence electrons. The van der Waals surface area contributed by atoms with Crippen LogP contribution in [0, 0.1) is 13.8 Å². The molecular weight excluding hydrogens is 250 g/mol. The average molecular weight is 269 g/mol. The maximum atomic E-state index is 12.2. The first-order valence-electron chi connectivity index (χ1n) is 6.56. The van der Waals surface area contributed by atoms with Crippen LogP contribution >= 0.6 is 0 Å². The number of hydrogen-bond acceptors (Lipinski definition) is 2. The molecule has 20 heavy (non-hydrogen) atoms. The van der Waals surface area contributed by atoms with E-state index in [0.29, 0.717) is 6.54 Å². The molecule has 2 rings (SSSR count). The van der Waals surface area contributed by atoms with Crippen LogP contribution in [-0.2, 0) is 6.54 Å². The smallest absolute Gasteiger partial charge is 0.321 e. The van der Waals surface area contributed by atoms with Crippen LogP contribution in [0.3, 0.4) is 0 Å². The van der Waals surface area contributed by atoms with Crippen LogP contribution in [0.5, 0.6) is 0 Å². The van der Waals surface area contributed by atoms with Gasteiger partial charge in [-0.15, -0.1) is 0 Å². The molecule has 0 saturated carbocycles. The molecule has 0 fully saturated rings. The summed E-state index contributed by atoms with van der Waals surface area (Å²) in [6.45, 7) is 4.52. The van der Waals surface area contributed by atoms with Crippen LogP contribution in [0.15, 0.2) is 42.6 Å². The second kappa shape index (κ2) is 6.19. The average Bonchev–Trinajstić information content (AvgIpc) is 2.45. The number of urea groups is 1. The largest absolute Gasteiger partial charge is 0.322 e. The zero-order valence-electron chi connectivity index (χ0n) is 12.1. The molecule has 1 aromatic heterocycles. The molecule has 0 atom stereocenters. The number of amides is 2. The van der Waals surface area contributed by atoms with Gasteiger partial charge in [-0.1, -0.05) is 18.2 Å². The SMILES string of the molecule is Cc1cccc(NC(=O)N(C)Cc2ccccn2)c1C. The number of nitrogens with one attached hydrogen (secondary N) is 1. The van der Waals surface area contributed by atoms with E-state index in [2.05, 4.69) is 10.3 Å². The Bertz CT molecular complexity index is 596. The minimum Gasteiger partial charge on any atom is -0.322 e. The molecular formula is C16H19N3O. The molecule has 4 heteroatoms. The number of carbonyl (C=O) groups is 1. The predicted molar refractivity (Wildman–Crippen MR) is 80.6 cm³/mol. The Labute approximate surface area is 119 Å². The second-order valence-corrected chi connectivity index (χ2v) is 4.85. The second-order valence-electron chi connectivity index (χ2n) is 4.85. The van der Waals surface area contributed by atoms with Crippen molar-refractivity contribution in [3.05, 3.63) is 59.4 Å². The van der Waals surface area contributed by atoms with Crippen molar-refractivity contribution >= 4 is 11.7 Å². The van der Waals surface area contributed by atoms with Crippen molar-refractivity contribution in [2.75, 3.05) is 12.4 Å². The van der Waals surface area contributed by atoms with Gasteiger partial charge in [0.2, 0.25) is 0 Å². The van der Waals surface area contributed by atoms with Gasteiger partial charge in [-0.05, 0) is 43.2 Å². The molecule has 0 aliphatic rings. The monoisotopic (exact) mass is 269 g/mol. The fourth-order valence-corrected chi connectivity index (χ4v) is 1.90. The van der Waals surface area contributed by atoms with Crippen molar-refractivity contribution in [3.8, 4) is 0 Å². The van der Waals surface area contributed by atoms with E-state index in [-0.39, 0.29) is 6.03 Å². The summed E-state index contributed by atoms with van der Waals surface area (Å²) in [4.78, 5) is 18.0. The number of anilines is 1. The van der Waals surface area contributed by atoms with Gasteiger partial charge in [-0.2, -0.15) is 0 Å². The zero-order valence-corrected chi connectivity index (χ0v) is 12.1. The van der Waals surface area contributed by atoms with Crippen molar-refractivity contribution in [2.24, 2.45) is 0 Å². The molecule has 0 saturated heterocycles. The van der Waals surface area contributed by atoms with Crippen LogP contribution in [0.2, 0.25) is 0 Å². The molecule has 0 unspecified atom stereocenters. The maximum Gasteiger partial charge on any atom is 0.321 e. The summed E-state index contributed by atoms with van der Waals surface area (Å²) >= 11 is 0. The van der Waals surface area contributed by atoms with Gasteiger partial charge < -0.3 is 10.2 Å². The Morgan fingerprint density at radius 3 is 2.70 bits per heavy atom. The number of aryl methyl sites for hydroxylation is 1. The number of hydrogen-bond donors (Lipinski definition) is 1. The van der Waals surface area contributed by atoms with Crippen molar-refractivity contribution in [2.45, 2.75) is 20.4 Å². The summed E-state index contributed by atoms with van der Waals surface area (Å²) in [5, 5.41) is 2.93. The highest BCUT2D eigenvalue weighted by Crippen LogP contribution is 2.18. The molecule has 2 aromatic rings. The normalized spacial score (nSPS) is 10.2. The lowest BCUT2D eigenvalue weighted by molar-refractivity contribution is 0.220. The Morgan fingerprint density at radius 2 is 2.00 bits per heavy atom. The van der Waals surface area contributed by atoms with E-state index in [1.165, 1.54) is 0 Å². The Balaban J connectivity index is 2.03. The highest BCUT2D eigenvalue weighted by Gasteiger charge is 2.11. The number of rotatable bonds is 3. The molecule has 4 nitrogen and oxygen atoms in total. The number of benzene rings is 1. The molecule has 2 amide bonds. The summed E-state index contributed by atoms with van der Waals surface area (Å²) in [5.74, 6) is 0. The van der Waals surface area contributed by atoms with E-state index >= 15 is 0 Å². The highest BCUT2D eigenvalue weighted by molar-refractivity contribution is 5.90. The van der Waals surface area contributed by atoms with Gasteiger partial charge in [0.05, 0.1) is 12.2 Å². The summed E-state index contributed by atoms with van der Waals surface area (Å²) in [6.07, 6.45) is 1.73. The van der Waals surface area contributed by atoms with Gasteiger partial charge in [0.1, 0.15) is 0 Å². The van der Waals surface area contributed by atoms with E-state index in [1.807, 2.05) is 50.2 Å². The molecule has 1 N–H and O–H groups in total. The van der Waals surface area contributed by atoms with E-state index in [0.717, 1.165) is 22.5 Å². The van der Waals surface area contributed by atoms with Crippen LogP contribution in [-0.4, -0.2) is 23.0 Å². The lowest BCUT2D eigenvalue weighted by Crippen LogP contribution is -2.31. The minimum atomic E-state index is -0.135. The predicted octanol–water partition coefficient (Wildman–Crippen LogP) is 3.36. The number of nitrogens with zero attached hydrogens (tertiary/aromatic N) is 2. The third-order valence-corrected chi connectivity index (χ3v) is 3.32. The highest BCUT2D eigenvalue weighted by atomic mass is 16.2. The number of carbonyl (C=O) groups excluding carboxylic acids is 1. The zero-order chi connectivity index (χ0) is 14.5. The maximum absolute atomic E-state index is 12.2. The topological polar surface area (TPSA) is 45.2 Å². The molecule has 0 bridgehead atoms. The minimum absolute atomic E-state index is 0.135. The van der Waals surface area contributed by atoms with E-state index in [9.17, 15) is 4.79 Å².